The molecule has 0 fully saturated rings. The van der Waals surface area contributed by atoms with Gasteiger partial charge in [-0.2, -0.15) is 0 Å². The maximum absolute atomic E-state index is 13.6. The van der Waals surface area contributed by atoms with E-state index in [-0.39, 0.29) is 11.8 Å². The van der Waals surface area contributed by atoms with Crippen molar-refractivity contribution in [2.75, 3.05) is 10.6 Å². The van der Waals surface area contributed by atoms with Crippen molar-refractivity contribution in [1.82, 2.24) is 9.97 Å². The van der Waals surface area contributed by atoms with Crippen molar-refractivity contribution in [2.45, 2.75) is 0 Å². The fraction of sp³-hybridized carbons (Fsp3) is 0. The van der Waals surface area contributed by atoms with Gasteiger partial charge in [-0.25, -0.2) is 19.2 Å². The number of anilines is 2. The standard InChI is InChI=1S/C21H15FN4O2/c22-18-7-3-4-8-19(18)28-21-23-12-17(13-24-21)26-20(27)25-16-10-9-14-5-1-2-6-15(14)11-16/h1-13H,(H2,25,26,27). The quantitative estimate of drug-likeness (QED) is 0.514. The minimum atomic E-state index is -0.511. The lowest BCUT2D eigenvalue weighted by Crippen LogP contribution is -2.19. The first-order valence-corrected chi connectivity index (χ1v) is 8.49. The smallest absolute Gasteiger partial charge is 0.323 e. The van der Waals surface area contributed by atoms with Gasteiger partial charge in [0.2, 0.25) is 0 Å². The van der Waals surface area contributed by atoms with Crippen molar-refractivity contribution in [3.63, 3.8) is 0 Å². The monoisotopic (exact) mass is 374 g/mol. The first-order chi connectivity index (χ1) is 13.7. The van der Waals surface area contributed by atoms with E-state index in [1.807, 2.05) is 42.5 Å². The normalized spacial score (nSPS) is 10.5. The molecular weight excluding hydrogens is 359 g/mol. The van der Waals surface area contributed by atoms with Gasteiger partial charge in [0.05, 0.1) is 18.1 Å². The number of halogens is 1. The first kappa shape index (κ1) is 17.4. The summed E-state index contributed by atoms with van der Waals surface area (Å²) < 4.78 is 18.9. The zero-order chi connectivity index (χ0) is 19.3. The summed E-state index contributed by atoms with van der Waals surface area (Å²) in [7, 11) is 0. The molecule has 0 saturated carbocycles. The van der Waals surface area contributed by atoms with Crippen molar-refractivity contribution < 1.29 is 13.9 Å². The molecule has 28 heavy (non-hydrogen) atoms. The van der Waals surface area contributed by atoms with E-state index in [1.165, 1.54) is 24.5 Å². The van der Waals surface area contributed by atoms with Gasteiger partial charge in [0.15, 0.2) is 11.6 Å². The van der Waals surface area contributed by atoms with E-state index in [9.17, 15) is 9.18 Å². The summed E-state index contributed by atoms with van der Waals surface area (Å²) >= 11 is 0. The molecule has 1 heterocycles. The minimum Gasteiger partial charge on any atom is -0.421 e. The van der Waals surface area contributed by atoms with Crippen LogP contribution in [0.3, 0.4) is 0 Å². The van der Waals surface area contributed by atoms with E-state index in [0.717, 1.165) is 10.8 Å². The molecule has 6 nitrogen and oxygen atoms in total. The average Bonchev–Trinajstić information content (AvgIpc) is 2.71. The van der Waals surface area contributed by atoms with Crippen molar-refractivity contribution >= 4 is 28.2 Å². The number of urea groups is 1. The van der Waals surface area contributed by atoms with Gasteiger partial charge in [-0.3, -0.25) is 0 Å². The molecule has 7 heteroatoms. The Morgan fingerprint density at radius 3 is 2.29 bits per heavy atom. The minimum absolute atomic E-state index is 0.0226. The second kappa shape index (κ2) is 7.71. The molecule has 0 spiro atoms. The highest BCUT2D eigenvalue weighted by molar-refractivity contribution is 6.01. The summed E-state index contributed by atoms with van der Waals surface area (Å²) in [6.07, 6.45) is 2.76. The van der Waals surface area contributed by atoms with E-state index >= 15 is 0 Å². The summed E-state index contributed by atoms with van der Waals surface area (Å²) in [5, 5.41) is 7.51. The Balaban J connectivity index is 1.39. The Kier molecular flexibility index (Phi) is 4.79. The lowest BCUT2D eigenvalue weighted by atomic mass is 10.1. The van der Waals surface area contributed by atoms with Crippen LogP contribution in [-0.2, 0) is 0 Å². The molecule has 1 aromatic heterocycles. The largest absolute Gasteiger partial charge is 0.421 e. The fourth-order valence-electron chi connectivity index (χ4n) is 2.62. The van der Waals surface area contributed by atoms with Gasteiger partial charge in [0.1, 0.15) is 0 Å². The number of ether oxygens (including phenoxy) is 1. The number of aromatic nitrogens is 2. The molecular formula is C21H15FN4O2. The van der Waals surface area contributed by atoms with Gasteiger partial charge in [-0.05, 0) is 35.0 Å². The number of carbonyl (C=O) groups is 1. The Labute approximate surface area is 160 Å². The predicted molar refractivity (Wildman–Crippen MR) is 105 cm³/mol. The number of carbonyl (C=O) groups excluding carboxylic acids is 1. The molecule has 0 aliphatic carbocycles. The van der Waals surface area contributed by atoms with E-state index in [4.69, 9.17) is 4.74 Å². The molecule has 0 aliphatic heterocycles. The molecule has 2 amide bonds. The number of rotatable bonds is 4. The fourth-order valence-corrected chi connectivity index (χ4v) is 2.62. The number of nitrogens with one attached hydrogen (secondary N) is 2. The molecule has 2 N–H and O–H groups in total. The summed E-state index contributed by atoms with van der Waals surface area (Å²) in [6, 6.07) is 19.0. The van der Waals surface area contributed by atoms with Crippen LogP contribution >= 0.6 is 0 Å². The molecule has 0 saturated heterocycles. The van der Waals surface area contributed by atoms with Crippen molar-refractivity contribution in [3.05, 3.63) is 84.9 Å². The molecule has 0 radical (unpaired) electrons. The maximum atomic E-state index is 13.6. The van der Waals surface area contributed by atoms with E-state index in [0.29, 0.717) is 11.4 Å². The van der Waals surface area contributed by atoms with E-state index < -0.39 is 11.8 Å². The third-order valence-electron chi connectivity index (χ3n) is 3.93. The summed E-state index contributed by atoms with van der Waals surface area (Å²) in [4.78, 5) is 20.1. The number of amides is 2. The van der Waals surface area contributed by atoms with Crippen LogP contribution in [0.15, 0.2) is 79.1 Å². The van der Waals surface area contributed by atoms with Gasteiger partial charge in [-0.1, -0.05) is 42.5 Å². The lowest BCUT2D eigenvalue weighted by molar-refractivity contribution is 0.262. The predicted octanol–water partition coefficient (Wildman–Crippen LogP) is 5.21. The highest BCUT2D eigenvalue weighted by Crippen LogP contribution is 2.22. The van der Waals surface area contributed by atoms with Crippen LogP contribution in [0.2, 0.25) is 0 Å². The first-order valence-electron chi connectivity index (χ1n) is 8.49. The molecule has 138 valence electrons. The van der Waals surface area contributed by atoms with E-state index in [1.54, 1.807) is 12.1 Å². The van der Waals surface area contributed by atoms with Crippen LogP contribution in [0.1, 0.15) is 0 Å². The van der Waals surface area contributed by atoms with Gasteiger partial charge in [-0.15, -0.1) is 0 Å². The third-order valence-corrected chi connectivity index (χ3v) is 3.93. The summed E-state index contributed by atoms with van der Waals surface area (Å²) in [5.74, 6) is -0.486. The Morgan fingerprint density at radius 2 is 1.50 bits per heavy atom. The molecule has 0 atom stereocenters. The van der Waals surface area contributed by atoms with Crippen LogP contribution < -0.4 is 15.4 Å². The van der Waals surface area contributed by atoms with Crippen molar-refractivity contribution in [3.8, 4) is 11.8 Å². The second-order valence-corrected chi connectivity index (χ2v) is 5.93. The van der Waals surface area contributed by atoms with Crippen LogP contribution in [-0.4, -0.2) is 16.0 Å². The highest BCUT2D eigenvalue weighted by atomic mass is 19.1. The maximum Gasteiger partial charge on any atom is 0.323 e. The molecule has 0 unspecified atom stereocenters. The van der Waals surface area contributed by atoms with Gasteiger partial charge in [0, 0.05) is 5.69 Å². The third kappa shape index (κ3) is 4.04. The Bertz CT molecular complexity index is 1130. The molecule has 0 aliphatic rings. The number of benzene rings is 3. The number of hydrogen-bond donors (Lipinski definition) is 2. The van der Waals surface area contributed by atoms with Crippen LogP contribution in [0.4, 0.5) is 20.6 Å². The lowest BCUT2D eigenvalue weighted by Gasteiger charge is -2.09. The molecule has 4 aromatic rings. The number of fused-ring (bicyclic) bond motifs is 1. The zero-order valence-electron chi connectivity index (χ0n) is 14.6. The van der Waals surface area contributed by atoms with Gasteiger partial charge >= 0.3 is 12.0 Å². The van der Waals surface area contributed by atoms with Gasteiger partial charge in [0.25, 0.3) is 0 Å². The van der Waals surface area contributed by atoms with Crippen LogP contribution in [0, 0.1) is 5.82 Å². The van der Waals surface area contributed by atoms with E-state index in [2.05, 4.69) is 20.6 Å². The van der Waals surface area contributed by atoms with Crippen LogP contribution in [0.5, 0.6) is 11.8 Å². The Morgan fingerprint density at radius 1 is 0.821 bits per heavy atom. The highest BCUT2D eigenvalue weighted by Gasteiger charge is 2.08. The topological polar surface area (TPSA) is 76.1 Å². The van der Waals surface area contributed by atoms with Gasteiger partial charge < -0.3 is 15.4 Å². The van der Waals surface area contributed by atoms with Crippen LogP contribution in [0.25, 0.3) is 10.8 Å². The summed E-state index contributed by atoms with van der Waals surface area (Å²) in [6.45, 7) is 0. The number of para-hydroxylation sites is 1. The van der Waals surface area contributed by atoms with Crippen molar-refractivity contribution in [1.29, 1.82) is 0 Å². The second-order valence-electron chi connectivity index (χ2n) is 5.93. The molecule has 4 rings (SSSR count). The molecule has 0 bridgehead atoms. The summed E-state index contributed by atoms with van der Waals surface area (Å²) in [5.41, 5.74) is 1.04. The number of hydrogen-bond acceptors (Lipinski definition) is 4. The Hall–Kier alpha value is -4.00. The zero-order valence-corrected chi connectivity index (χ0v) is 14.6. The SMILES string of the molecule is O=C(Nc1cnc(Oc2ccccc2F)nc1)Nc1ccc2ccccc2c1. The number of nitrogens with zero attached hydrogens (tertiary/aromatic N) is 2. The molecule has 3 aromatic carbocycles. The van der Waals surface area contributed by atoms with Crippen molar-refractivity contribution in [2.24, 2.45) is 0 Å². The average molecular weight is 374 g/mol.